The fraction of sp³-hybridized carbons (Fsp3) is 0.350. The number of nitrogens with one attached hydrogen (secondary N) is 1. The number of hydrogen-bond acceptors (Lipinski definition) is 3. The summed E-state index contributed by atoms with van der Waals surface area (Å²) in [5.41, 5.74) is 1.19. The molecule has 1 amide bonds. The molecular weight excluding hydrogens is 367 g/mol. The van der Waals surface area contributed by atoms with Gasteiger partial charge in [0.25, 0.3) is 5.91 Å². The molecule has 0 aromatic heterocycles. The van der Waals surface area contributed by atoms with Crippen LogP contribution in [0.2, 0.25) is 0 Å². The lowest BCUT2D eigenvalue weighted by molar-refractivity contribution is 0.0729. The summed E-state index contributed by atoms with van der Waals surface area (Å²) in [6.07, 6.45) is 3.55. The summed E-state index contributed by atoms with van der Waals surface area (Å²) < 4.78 is 40.6. The second-order valence-electron chi connectivity index (χ2n) is 7.21. The van der Waals surface area contributed by atoms with E-state index >= 15 is 0 Å². The molecule has 142 valence electrons. The summed E-state index contributed by atoms with van der Waals surface area (Å²) >= 11 is 0. The van der Waals surface area contributed by atoms with Crippen molar-refractivity contribution in [2.75, 3.05) is 0 Å². The van der Waals surface area contributed by atoms with E-state index < -0.39 is 10.0 Å². The van der Waals surface area contributed by atoms with Crippen molar-refractivity contribution in [1.29, 1.82) is 0 Å². The molecule has 27 heavy (non-hydrogen) atoms. The van der Waals surface area contributed by atoms with Crippen LogP contribution in [0.5, 0.6) is 0 Å². The van der Waals surface area contributed by atoms with E-state index in [1.807, 2.05) is 0 Å². The number of carbonyl (C=O) groups excluding carboxylic acids is 1. The molecule has 2 aliphatic carbocycles. The number of amides is 1. The Morgan fingerprint density at radius 2 is 1.78 bits per heavy atom. The minimum atomic E-state index is -3.61. The summed E-state index contributed by atoms with van der Waals surface area (Å²) in [7, 11) is -3.61. The summed E-state index contributed by atoms with van der Waals surface area (Å²) in [6, 6.07) is 12.4. The van der Waals surface area contributed by atoms with Crippen molar-refractivity contribution in [3.05, 3.63) is 65.5 Å². The van der Waals surface area contributed by atoms with Gasteiger partial charge in [0.2, 0.25) is 10.0 Å². The topological polar surface area (TPSA) is 66.5 Å². The normalized spacial score (nSPS) is 16.9. The predicted molar refractivity (Wildman–Crippen MR) is 99.1 cm³/mol. The Kier molecular flexibility index (Phi) is 4.74. The van der Waals surface area contributed by atoms with Crippen molar-refractivity contribution in [3.8, 4) is 0 Å². The molecule has 2 fully saturated rings. The quantitative estimate of drug-likeness (QED) is 0.793. The van der Waals surface area contributed by atoms with E-state index in [9.17, 15) is 17.6 Å². The zero-order valence-electron chi connectivity index (χ0n) is 14.8. The fourth-order valence-corrected chi connectivity index (χ4v) is 4.34. The summed E-state index contributed by atoms with van der Waals surface area (Å²) in [6.45, 7) is 0.376. The molecule has 2 saturated carbocycles. The second kappa shape index (κ2) is 7.05. The van der Waals surface area contributed by atoms with Gasteiger partial charge in [0.15, 0.2) is 0 Å². The van der Waals surface area contributed by atoms with Gasteiger partial charge in [-0.15, -0.1) is 0 Å². The third-order valence-electron chi connectivity index (χ3n) is 4.81. The van der Waals surface area contributed by atoms with E-state index in [1.165, 1.54) is 24.3 Å². The SMILES string of the molecule is O=C(c1cccc(S(=O)(=O)NC2CC2)c1)N(Cc1ccc(F)cc1)C1CC1. The highest BCUT2D eigenvalue weighted by Crippen LogP contribution is 2.30. The molecule has 5 nitrogen and oxygen atoms in total. The van der Waals surface area contributed by atoms with E-state index in [2.05, 4.69) is 4.72 Å². The van der Waals surface area contributed by atoms with Crippen molar-refractivity contribution in [2.24, 2.45) is 0 Å². The van der Waals surface area contributed by atoms with Gasteiger partial charge >= 0.3 is 0 Å². The maximum absolute atomic E-state index is 13.1. The first-order valence-corrected chi connectivity index (χ1v) is 10.6. The van der Waals surface area contributed by atoms with Crippen LogP contribution in [0.25, 0.3) is 0 Å². The standard InChI is InChI=1S/C20H21FN2O3S/c21-16-6-4-14(5-7-16)13-23(18-10-11-18)20(24)15-2-1-3-19(12-15)27(25,26)22-17-8-9-17/h1-7,12,17-18,22H,8-11,13H2. The Morgan fingerprint density at radius 3 is 2.41 bits per heavy atom. The zero-order chi connectivity index (χ0) is 19.0. The van der Waals surface area contributed by atoms with Crippen molar-refractivity contribution in [1.82, 2.24) is 9.62 Å². The molecule has 0 atom stereocenters. The average Bonchev–Trinajstić information content (AvgIpc) is 3.56. The van der Waals surface area contributed by atoms with Gasteiger partial charge in [-0.3, -0.25) is 4.79 Å². The Balaban J connectivity index is 1.56. The third-order valence-corrected chi connectivity index (χ3v) is 6.32. The summed E-state index contributed by atoms with van der Waals surface area (Å²) in [5, 5.41) is 0. The number of halogens is 1. The summed E-state index contributed by atoms with van der Waals surface area (Å²) in [5.74, 6) is -0.519. The monoisotopic (exact) mass is 388 g/mol. The molecule has 0 unspecified atom stereocenters. The molecule has 1 N–H and O–H groups in total. The van der Waals surface area contributed by atoms with Crippen LogP contribution in [0.4, 0.5) is 4.39 Å². The van der Waals surface area contributed by atoms with Crippen LogP contribution in [0.3, 0.4) is 0 Å². The molecule has 7 heteroatoms. The Bertz CT molecular complexity index is 951. The van der Waals surface area contributed by atoms with Gasteiger partial charge in [0.05, 0.1) is 4.90 Å². The van der Waals surface area contributed by atoms with Gasteiger partial charge in [0, 0.05) is 24.2 Å². The molecular formula is C20H21FN2O3S. The highest BCUT2D eigenvalue weighted by Gasteiger charge is 2.34. The van der Waals surface area contributed by atoms with Crippen LogP contribution in [0.15, 0.2) is 53.4 Å². The molecule has 0 heterocycles. The first kappa shape index (κ1) is 18.1. The molecule has 2 aliphatic rings. The van der Waals surface area contributed by atoms with Crippen molar-refractivity contribution in [3.63, 3.8) is 0 Å². The first-order chi connectivity index (χ1) is 12.9. The molecule has 2 aromatic rings. The number of benzene rings is 2. The van der Waals surface area contributed by atoms with Crippen molar-refractivity contribution < 1.29 is 17.6 Å². The molecule has 2 aromatic carbocycles. The highest BCUT2D eigenvalue weighted by atomic mass is 32.2. The van der Waals surface area contributed by atoms with Crippen LogP contribution in [-0.4, -0.2) is 31.3 Å². The third kappa shape index (κ3) is 4.36. The smallest absolute Gasteiger partial charge is 0.254 e. The lowest BCUT2D eigenvalue weighted by Crippen LogP contribution is -2.33. The molecule has 0 radical (unpaired) electrons. The summed E-state index contributed by atoms with van der Waals surface area (Å²) in [4.78, 5) is 14.9. The van der Waals surface area contributed by atoms with Crippen molar-refractivity contribution >= 4 is 15.9 Å². The van der Waals surface area contributed by atoms with Gasteiger partial charge in [0.1, 0.15) is 5.82 Å². The van der Waals surface area contributed by atoms with Gasteiger partial charge in [-0.25, -0.2) is 17.5 Å². The maximum Gasteiger partial charge on any atom is 0.254 e. The van der Waals surface area contributed by atoms with E-state index in [4.69, 9.17) is 0 Å². The molecule has 0 spiro atoms. The lowest BCUT2D eigenvalue weighted by atomic mass is 10.1. The number of hydrogen-bond donors (Lipinski definition) is 1. The zero-order valence-corrected chi connectivity index (χ0v) is 15.6. The highest BCUT2D eigenvalue weighted by molar-refractivity contribution is 7.89. The predicted octanol–water partition coefficient (Wildman–Crippen LogP) is 3.07. The van der Waals surface area contributed by atoms with E-state index in [1.54, 1.807) is 29.2 Å². The minimum Gasteiger partial charge on any atom is -0.331 e. The maximum atomic E-state index is 13.1. The average molecular weight is 388 g/mol. The molecule has 0 aliphatic heterocycles. The lowest BCUT2D eigenvalue weighted by Gasteiger charge is -2.23. The minimum absolute atomic E-state index is 0.01000. The van der Waals surface area contributed by atoms with Crippen LogP contribution in [0.1, 0.15) is 41.6 Å². The van der Waals surface area contributed by atoms with Gasteiger partial charge in [-0.1, -0.05) is 18.2 Å². The molecule has 4 rings (SSSR count). The van der Waals surface area contributed by atoms with E-state index in [0.717, 1.165) is 31.2 Å². The van der Waals surface area contributed by atoms with Crippen molar-refractivity contribution in [2.45, 2.75) is 49.2 Å². The van der Waals surface area contributed by atoms with Crippen LogP contribution in [0, 0.1) is 5.82 Å². The van der Waals surface area contributed by atoms with E-state index in [0.29, 0.717) is 12.1 Å². The Hall–Kier alpha value is -2.25. The Labute approximate surface area is 158 Å². The fourth-order valence-electron chi connectivity index (χ4n) is 2.99. The van der Waals surface area contributed by atoms with Crippen LogP contribution in [-0.2, 0) is 16.6 Å². The number of rotatable bonds is 7. The van der Waals surface area contributed by atoms with E-state index in [-0.39, 0.29) is 28.7 Å². The van der Waals surface area contributed by atoms with Crippen LogP contribution >= 0.6 is 0 Å². The Morgan fingerprint density at radius 1 is 1.07 bits per heavy atom. The number of sulfonamides is 1. The van der Waals surface area contributed by atoms with Gasteiger partial charge in [-0.2, -0.15) is 0 Å². The number of carbonyl (C=O) groups is 1. The second-order valence-corrected chi connectivity index (χ2v) is 8.93. The molecule has 0 saturated heterocycles. The van der Waals surface area contributed by atoms with Crippen LogP contribution < -0.4 is 4.72 Å². The number of nitrogens with zero attached hydrogens (tertiary/aromatic N) is 1. The largest absolute Gasteiger partial charge is 0.331 e. The molecule has 0 bridgehead atoms. The van der Waals surface area contributed by atoms with Gasteiger partial charge in [-0.05, 0) is 61.6 Å². The van der Waals surface area contributed by atoms with Gasteiger partial charge < -0.3 is 4.90 Å². The first-order valence-electron chi connectivity index (χ1n) is 9.10.